The van der Waals surface area contributed by atoms with E-state index in [4.69, 9.17) is 34.1 Å². The lowest BCUT2D eigenvalue weighted by atomic mass is 10.0. The van der Waals surface area contributed by atoms with Gasteiger partial charge in [0.2, 0.25) is 0 Å². The van der Waals surface area contributed by atoms with E-state index in [-0.39, 0.29) is 0 Å². The Morgan fingerprint density at radius 2 is 0.923 bits per heavy atom. The summed E-state index contributed by atoms with van der Waals surface area (Å²) in [6, 6.07) is 48.2. The van der Waals surface area contributed by atoms with Crippen molar-refractivity contribution >= 4 is 49.6 Å². The number of carbonyl (C=O) groups excluding carboxylic acids is 1. The summed E-state index contributed by atoms with van der Waals surface area (Å²) >= 11 is 0. The number of aromatic nitrogens is 6. The fourth-order valence-corrected chi connectivity index (χ4v) is 8.71. The molecule has 10 nitrogen and oxygen atoms in total. The van der Waals surface area contributed by atoms with Crippen LogP contribution in [0.2, 0.25) is 0 Å². The first-order valence-electron chi connectivity index (χ1n) is 21.2. The highest BCUT2D eigenvalue weighted by atomic mass is 16.5. The van der Waals surface area contributed by atoms with Crippen LogP contribution in [0, 0.1) is 20.8 Å². The number of para-hydroxylation sites is 2. The fraction of sp³-hybridized carbons (Fsp3) is 0.0727. The van der Waals surface area contributed by atoms with Crippen LogP contribution >= 0.6 is 0 Å². The van der Waals surface area contributed by atoms with Gasteiger partial charge >= 0.3 is 5.97 Å². The van der Waals surface area contributed by atoms with Crippen molar-refractivity contribution in [3.8, 4) is 57.1 Å². The molecular weight excluding hydrogens is 809 g/mol. The van der Waals surface area contributed by atoms with Crippen molar-refractivity contribution in [3.63, 3.8) is 0 Å². The number of fused-ring (bicyclic) bond motifs is 6. The lowest BCUT2D eigenvalue weighted by Gasteiger charge is -2.13. The fourth-order valence-electron chi connectivity index (χ4n) is 8.71. The Morgan fingerprint density at radius 1 is 0.462 bits per heavy atom. The maximum atomic E-state index is 13.1. The molecule has 0 N–H and O–H groups in total. The zero-order valence-electron chi connectivity index (χ0n) is 36.0. The second-order valence-electron chi connectivity index (χ2n) is 16.1. The average Bonchev–Trinajstić information content (AvgIpc) is 3.84. The predicted molar refractivity (Wildman–Crippen MR) is 256 cm³/mol. The third-order valence-corrected chi connectivity index (χ3v) is 11.8. The molecule has 5 aromatic heterocycles. The molecule has 0 saturated heterocycles. The summed E-state index contributed by atoms with van der Waals surface area (Å²) in [5.74, 6) is 3.65. The zero-order valence-corrected chi connectivity index (χ0v) is 36.0. The van der Waals surface area contributed by atoms with Crippen LogP contribution < -0.4 is 9.47 Å². The first-order chi connectivity index (χ1) is 31.8. The van der Waals surface area contributed by atoms with E-state index in [0.29, 0.717) is 45.5 Å². The zero-order chi connectivity index (χ0) is 44.2. The Balaban J connectivity index is 0.904. The van der Waals surface area contributed by atoms with Gasteiger partial charge in [-0.05, 0) is 128 Å². The van der Waals surface area contributed by atoms with Gasteiger partial charge in [0.25, 0.3) is 0 Å². The van der Waals surface area contributed by atoms with Crippen LogP contribution in [0.5, 0.6) is 23.0 Å². The molecule has 0 aliphatic heterocycles. The first kappa shape index (κ1) is 39.2. The van der Waals surface area contributed by atoms with Crippen LogP contribution in [0.25, 0.3) is 77.8 Å². The van der Waals surface area contributed by atoms with Crippen molar-refractivity contribution in [1.82, 2.24) is 29.1 Å². The molecule has 0 aliphatic carbocycles. The van der Waals surface area contributed by atoms with Crippen LogP contribution in [-0.4, -0.2) is 42.1 Å². The number of hydrogen-bond acceptors (Lipinski definition) is 8. The molecule has 0 saturated carbocycles. The Hall–Kier alpha value is -8.63. The number of esters is 1. The maximum absolute atomic E-state index is 13.1. The summed E-state index contributed by atoms with van der Waals surface area (Å²) in [5, 5.41) is 4.46. The molecule has 6 aromatic carbocycles. The standard InChI is InChI=1S/C55H40N6O4/c1-33-21-23-56-53(25-33)60-49-11-7-5-9-40(49)42-18-15-38(29-51(42)60)64-36-14-13-35(3)45(27-36)47-31-59-48(32-58-47)46-28-37(17-20-44(46)55(62)63-4)65-39-16-19-43-41-10-6-8-12-50(41)61(52(43)30-39)54-26-34(2)22-24-57-54/h5-32H,1-4H3. The topological polar surface area (TPSA) is 106 Å². The van der Waals surface area contributed by atoms with E-state index in [9.17, 15) is 4.79 Å². The summed E-state index contributed by atoms with van der Waals surface area (Å²) < 4.78 is 22.6. The number of aryl methyl sites for hydroxylation is 3. The molecule has 10 heteroatoms. The Labute approximate surface area is 374 Å². The number of rotatable bonds is 9. The molecule has 11 rings (SSSR count). The van der Waals surface area contributed by atoms with Gasteiger partial charge in [-0.2, -0.15) is 0 Å². The van der Waals surface area contributed by atoms with Crippen molar-refractivity contribution < 1.29 is 19.0 Å². The van der Waals surface area contributed by atoms with Crippen molar-refractivity contribution in [3.05, 3.63) is 193 Å². The molecular formula is C55H40N6O4. The van der Waals surface area contributed by atoms with Crippen molar-refractivity contribution in [2.24, 2.45) is 0 Å². The molecule has 314 valence electrons. The second kappa shape index (κ2) is 15.9. The van der Waals surface area contributed by atoms with E-state index in [2.05, 4.69) is 83.6 Å². The highest BCUT2D eigenvalue weighted by Crippen LogP contribution is 2.39. The van der Waals surface area contributed by atoms with Crippen LogP contribution in [0.1, 0.15) is 27.0 Å². The molecule has 0 bridgehead atoms. The highest BCUT2D eigenvalue weighted by molar-refractivity contribution is 6.10. The maximum Gasteiger partial charge on any atom is 0.338 e. The van der Waals surface area contributed by atoms with E-state index < -0.39 is 5.97 Å². The summed E-state index contributed by atoms with van der Waals surface area (Å²) in [6.07, 6.45) is 7.04. The third kappa shape index (κ3) is 7.07. The Morgan fingerprint density at radius 3 is 1.45 bits per heavy atom. The molecule has 5 heterocycles. The van der Waals surface area contributed by atoms with E-state index in [1.54, 1.807) is 30.6 Å². The van der Waals surface area contributed by atoms with Gasteiger partial charge in [0, 0.05) is 57.2 Å². The minimum atomic E-state index is -0.497. The van der Waals surface area contributed by atoms with E-state index in [1.807, 2.05) is 86.0 Å². The monoisotopic (exact) mass is 848 g/mol. The number of nitrogens with zero attached hydrogens (tertiary/aromatic N) is 6. The highest BCUT2D eigenvalue weighted by Gasteiger charge is 2.20. The van der Waals surface area contributed by atoms with Crippen molar-refractivity contribution in [1.29, 1.82) is 0 Å². The first-order valence-corrected chi connectivity index (χ1v) is 21.2. The van der Waals surface area contributed by atoms with Gasteiger partial charge in [0.1, 0.15) is 34.6 Å². The average molecular weight is 849 g/mol. The van der Waals surface area contributed by atoms with Gasteiger partial charge in [0.05, 0.1) is 58.5 Å². The summed E-state index contributed by atoms with van der Waals surface area (Å²) in [7, 11) is 1.36. The van der Waals surface area contributed by atoms with Gasteiger partial charge in [0.15, 0.2) is 0 Å². The minimum Gasteiger partial charge on any atom is -0.465 e. The van der Waals surface area contributed by atoms with Gasteiger partial charge < -0.3 is 14.2 Å². The molecule has 0 amide bonds. The van der Waals surface area contributed by atoms with E-state index in [0.717, 1.165) is 77.5 Å². The second-order valence-corrected chi connectivity index (χ2v) is 16.1. The van der Waals surface area contributed by atoms with Crippen LogP contribution in [0.3, 0.4) is 0 Å². The smallest absolute Gasteiger partial charge is 0.338 e. The lowest BCUT2D eigenvalue weighted by Crippen LogP contribution is -2.05. The molecule has 0 fully saturated rings. The van der Waals surface area contributed by atoms with Crippen LogP contribution in [0.15, 0.2) is 170 Å². The molecule has 0 radical (unpaired) electrons. The quantitative estimate of drug-likeness (QED) is 0.132. The number of ether oxygens (including phenoxy) is 3. The summed E-state index contributed by atoms with van der Waals surface area (Å²) in [5.41, 5.74) is 10.2. The van der Waals surface area contributed by atoms with Gasteiger partial charge in [-0.15, -0.1) is 0 Å². The summed E-state index contributed by atoms with van der Waals surface area (Å²) in [6.45, 7) is 6.16. The lowest BCUT2D eigenvalue weighted by molar-refractivity contribution is 0.0601. The number of carbonyl (C=O) groups is 1. The Kier molecular flexibility index (Phi) is 9.61. The third-order valence-electron chi connectivity index (χ3n) is 11.8. The molecule has 0 spiro atoms. The van der Waals surface area contributed by atoms with Gasteiger partial charge in [-0.25, -0.2) is 14.8 Å². The van der Waals surface area contributed by atoms with Crippen molar-refractivity contribution in [2.45, 2.75) is 20.8 Å². The van der Waals surface area contributed by atoms with Gasteiger partial charge in [-0.1, -0.05) is 42.5 Å². The number of pyridine rings is 2. The molecule has 11 aromatic rings. The number of hydrogen-bond donors (Lipinski definition) is 0. The number of methoxy groups -OCH3 is 1. The molecule has 65 heavy (non-hydrogen) atoms. The van der Waals surface area contributed by atoms with Crippen LogP contribution in [0.4, 0.5) is 0 Å². The molecule has 0 atom stereocenters. The predicted octanol–water partition coefficient (Wildman–Crippen LogP) is 13.1. The van der Waals surface area contributed by atoms with Gasteiger partial charge in [-0.3, -0.25) is 19.1 Å². The van der Waals surface area contributed by atoms with E-state index in [1.165, 1.54) is 7.11 Å². The SMILES string of the molecule is COC(=O)c1ccc(Oc2ccc3c4ccccc4n(-c4cc(C)ccn4)c3c2)cc1-c1cnc(-c2cc(Oc3ccc4c5ccccc5n(-c5cc(C)ccn5)c4c3)ccc2C)cn1. The van der Waals surface area contributed by atoms with Crippen molar-refractivity contribution in [2.75, 3.05) is 7.11 Å². The minimum absolute atomic E-state index is 0.337. The molecule has 0 aliphatic rings. The summed E-state index contributed by atoms with van der Waals surface area (Å²) in [4.78, 5) is 32.2. The normalized spacial score (nSPS) is 11.4. The Bertz CT molecular complexity index is 3670. The largest absolute Gasteiger partial charge is 0.465 e. The van der Waals surface area contributed by atoms with E-state index >= 15 is 0 Å². The number of benzene rings is 6. The molecule has 0 unspecified atom stereocenters. The van der Waals surface area contributed by atoms with Crippen LogP contribution in [-0.2, 0) is 4.74 Å².